The lowest BCUT2D eigenvalue weighted by molar-refractivity contribution is -0.138. The number of nitrogens with zero attached hydrogens (tertiary/aromatic N) is 6. The summed E-state index contributed by atoms with van der Waals surface area (Å²) in [4.78, 5) is 27.6. The van der Waals surface area contributed by atoms with Gasteiger partial charge in [-0.3, -0.25) is 4.68 Å². The summed E-state index contributed by atoms with van der Waals surface area (Å²) in [5, 5.41) is 20.7. The molecule has 0 bridgehead atoms. The Morgan fingerprint density at radius 3 is 3.00 bits per heavy atom. The summed E-state index contributed by atoms with van der Waals surface area (Å²) in [6.07, 6.45) is 8.85. The molecule has 11 nitrogen and oxygen atoms in total. The van der Waals surface area contributed by atoms with Crippen molar-refractivity contribution in [1.29, 1.82) is 0 Å². The first-order chi connectivity index (χ1) is 18.0. The summed E-state index contributed by atoms with van der Waals surface area (Å²) < 4.78 is 7.22. The van der Waals surface area contributed by atoms with Crippen molar-refractivity contribution in [1.82, 2.24) is 29.6 Å². The maximum absolute atomic E-state index is 12.1. The number of unbranched alkanes of at least 4 members (excludes halogenated alkanes) is 1. The van der Waals surface area contributed by atoms with E-state index in [-0.39, 0.29) is 0 Å². The van der Waals surface area contributed by atoms with Gasteiger partial charge in [0, 0.05) is 39.0 Å². The maximum atomic E-state index is 12.1. The monoisotopic (exact) mass is 510 g/mol. The lowest BCUT2D eigenvalue weighted by Crippen LogP contribution is -2.37. The zero-order valence-corrected chi connectivity index (χ0v) is 21.8. The van der Waals surface area contributed by atoms with Crippen molar-refractivity contribution in [2.45, 2.75) is 51.5 Å². The quantitative estimate of drug-likeness (QED) is 0.262. The van der Waals surface area contributed by atoms with Gasteiger partial charge in [-0.2, -0.15) is 5.10 Å². The molecule has 0 aliphatic carbocycles. The van der Waals surface area contributed by atoms with Crippen molar-refractivity contribution >= 4 is 28.6 Å². The van der Waals surface area contributed by atoms with Crippen LogP contribution in [0.15, 0.2) is 24.7 Å². The van der Waals surface area contributed by atoms with Crippen LogP contribution in [0.4, 0.5) is 11.6 Å². The minimum Gasteiger partial charge on any atom is -0.480 e. The second-order valence-corrected chi connectivity index (χ2v) is 9.42. The topological polar surface area (TPSA) is 130 Å². The lowest BCUT2D eigenvalue weighted by Gasteiger charge is -2.24. The Balaban J connectivity index is 1.30. The third kappa shape index (κ3) is 7.59. The van der Waals surface area contributed by atoms with Crippen LogP contribution in [-0.2, 0) is 29.4 Å². The van der Waals surface area contributed by atoms with Gasteiger partial charge in [0.15, 0.2) is 11.3 Å². The molecule has 3 aromatic heterocycles. The SMILES string of the molecule is CCOCCN(CCCCc1ccc2c(n1)NCCC2)CC[C@H](Nc1ncnc2cn(C)nc12)C(=O)O. The molecule has 4 rings (SSSR count). The van der Waals surface area contributed by atoms with E-state index in [1.165, 1.54) is 11.9 Å². The van der Waals surface area contributed by atoms with Gasteiger partial charge >= 0.3 is 5.97 Å². The molecule has 1 aliphatic rings. The van der Waals surface area contributed by atoms with Crippen molar-refractivity contribution < 1.29 is 14.6 Å². The van der Waals surface area contributed by atoms with Crippen molar-refractivity contribution in [3.63, 3.8) is 0 Å². The first-order valence-electron chi connectivity index (χ1n) is 13.2. The molecule has 0 aromatic carbocycles. The van der Waals surface area contributed by atoms with E-state index in [1.54, 1.807) is 17.9 Å². The Labute approximate surface area is 217 Å². The van der Waals surface area contributed by atoms with Gasteiger partial charge in [-0.05, 0) is 63.6 Å². The van der Waals surface area contributed by atoms with Crippen LogP contribution in [0.2, 0.25) is 0 Å². The molecule has 0 saturated heterocycles. The number of carboxylic acid groups (broad SMARTS) is 1. The van der Waals surface area contributed by atoms with Crippen molar-refractivity contribution in [2.75, 3.05) is 50.0 Å². The van der Waals surface area contributed by atoms with E-state index in [0.29, 0.717) is 43.0 Å². The Bertz CT molecular complexity index is 1170. The summed E-state index contributed by atoms with van der Waals surface area (Å²) in [5.41, 5.74) is 3.67. The fourth-order valence-corrected chi connectivity index (χ4v) is 4.61. The van der Waals surface area contributed by atoms with Gasteiger partial charge < -0.3 is 25.4 Å². The minimum absolute atomic E-state index is 0.428. The van der Waals surface area contributed by atoms with Crippen LogP contribution in [0, 0.1) is 0 Å². The molecule has 0 spiro atoms. The van der Waals surface area contributed by atoms with Crippen LogP contribution >= 0.6 is 0 Å². The first kappa shape index (κ1) is 26.7. The summed E-state index contributed by atoms with van der Waals surface area (Å²) in [5.74, 6) is 0.561. The van der Waals surface area contributed by atoms with Crippen LogP contribution < -0.4 is 10.6 Å². The maximum Gasteiger partial charge on any atom is 0.326 e. The fourth-order valence-electron chi connectivity index (χ4n) is 4.61. The number of anilines is 2. The molecule has 200 valence electrons. The summed E-state index contributed by atoms with van der Waals surface area (Å²) in [7, 11) is 1.80. The molecule has 37 heavy (non-hydrogen) atoms. The third-order valence-corrected chi connectivity index (χ3v) is 6.63. The van der Waals surface area contributed by atoms with Gasteiger partial charge in [-0.25, -0.2) is 19.7 Å². The summed E-state index contributed by atoms with van der Waals surface area (Å²) in [6, 6.07) is 3.56. The van der Waals surface area contributed by atoms with Gasteiger partial charge in [0.25, 0.3) is 0 Å². The predicted octanol–water partition coefficient (Wildman–Crippen LogP) is 2.73. The number of hydrogen-bond donors (Lipinski definition) is 3. The van der Waals surface area contributed by atoms with Crippen LogP contribution in [0.1, 0.15) is 43.9 Å². The molecule has 1 atom stereocenters. The second-order valence-electron chi connectivity index (χ2n) is 9.42. The van der Waals surface area contributed by atoms with E-state index < -0.39 is 12.0 Å². The Hall–Kier alpha value is -3.31. The molecule has 1 aliphatic heterocycles. The third-order valence-electron chi connectivity index (χ3n) is 6.63. The van der Waals surface area contributed by atoms with E-state index in [0.717, 1.165) is 63.3 Å². The molecule has 0 amide bonds. The summed E-state index contributed by atoms with van der Waals surface area (Å²) in [6.45, 7) is 6.54. The highest BCUT2D eigenvalue weighted by atomic mass is 16.5. The molecule has 0 unspecified atom stereocenters. The van der Waals surface area contributed by atoms with Gasteiger partial charge in [0.1, 0.15) is 23.7 Å². The molecule has 0 fully saturated rings. The molecular formula is C26H38N8O3. The molecule has 0 saturated carbocycles. The van der Waals surface area contributed by atoms with E-state index in [2.05, 4.69) is 42.7 Å². The molecule has 3 aromatic rings. The standard InChI is InChI=1S/C26H38N8O3/c1-3-37-16-15-34(13-5-4-8-20-10-9-19-7-6-12-27-24(19)30-20)14-11-21(26(35)36)31-25-23-22(28-18-29-25)17-33(2)32-23/h9-10,17-18,21H,3-8,11-16H2,1-2H3,(H,27,30)(H,35,36)(H,28,29,31)/t21-/m0/s1. The molecular weight excluding hydrogens is 472 g/mol. The van der Waals surface area contributed by atoms with Crippen LogP contribution in [-0.4, -0.2) is 86.1 Å². The smallest absolute Gasteiger partial charge is 0.326 e. The van der Waals surface area contributed by atoms with Crippen LogP contribution in [0.3, 0.4) is 0 Å². The number of pyridine rings is 1. The minimum atomic E-state index is -0.917. The Kier molecular flexibility index (Phi) is 9.61. The number of fused-ring (bicyclic) bond motifs is 2. The highest BCUT2D eigenvalue weighted by molar-refractivity contribution is 5.87. The van der Waals surface area contributed by atoms with E-state index in [9.17, 15) is 9.90 Å². The number of hydrogen-bond acceptors (Lipinski definition) is 9. The van der Waals surface area contributed by atoms with Gasteiger partial charge in [0.2, 0.25) is 0 Å². The molecule has 3 N–H and O–H groups in total. The fraction of sp³-hybridized carbons (Fsp3) is 0.577. The average molecular weight is 511 g/mol. The second kappa shape index (κ2) is 13.3. The predicted molar refractivity (Wildman–Crippen MR) is 143 cm³/mol. The van der Waals surface area contributed by atoms with Crippen LogP contribution in [0.5, 0.6) is 0 Å². The number of aromatic nitrogens is 5. The first-order valence-corrected chi connectivity index (χ1v) is 13.2. The largest absolute Gasteiger partial charge is 0.480 e. The Morgan fingerprint density at radius 1 is 1.27 bits per heavy atom. The normalized spacial score (nSPS) is 13.9. The van der Waals surface area contributed by atoms with Gasteiger partial charge in [0.05, 0.1) is 12.8 Å². The molecule has 11 heteroatoms. The Morgan fingerprint density at radius 2 is 2.16 bits per heavy atom. The number of aryl methyl sites for hydroxylation is 3. The highest BCUT2D eigenvalue weighted by Gasteiger charge is 2.21. The number of carboxylic acids is 1. The van der Waals surface area contributed by atoms with E-state index in [4.69, 9.17) is 9.72 Å². The zero-order valence-electron chi connectivity index (χ0n) is 21.8. The highest BCUT2D eigenvalue weighted by Crippen LogP contribution is 2.21. The lowest BCUT2D eigenvalue weighted by atomic mass is 10.1. The van der Waals surface area contributed by atoms with Gasteiger partial charge in [-0.1, -0.05) is 6.07 Å². The number of carbonyl (C=O) groups is 1. The van der Waals surface area contributed by atoms with E-state index in [1.807, 2.05) is 6.92 Å². The molecule has 0 radical (unpaired) electrons. The van der Waals surface area contributed by atoms with Crippen molar-refractivity contribution in [3.05, 3.63) is 35.9 Å². The summed E-state index contributed by atoms with van der Waals surface area (Å²) >= 11 is 0. The van der Waals surface area contributed by atoms with Crippen molar-refractivity contribution in [3.8, 4) is 0 Å². The zero-order chi connectivity index (χ0) is 26.0. The van der Waals surface area contributed by atoms with Crippen LogP contribution in [0.25, 0.3) is 11.0 Å². The number of nitrogens with one attached hydrogen (secondary N) is 2. The average Bonchev–Trinajstić information content (AvgIpc) is 3.29. The number of ether oxygens (including phenoxy) is 1. The molecule has 4 heterocycles. The van der Waals surface area contributed by atoms with E-state index >= 15 is 0 Å². The number of aliphatic carboxylic acids is 1. The van der Waals surface area contributed by atoms with Gasteiger partial charge in [-0.15, -0.1) is 0 Å². The number of rotatable bonds is 15. The van der Waals surface area contributed by atoms with Crippen molar-refractivity contribution in [2.24, 2.45) is 7.05 Å².